The van der Waals surface area contributed by atoms with E-state index in [1.54, 1.807) is 13.0 Å². The van der Waals surface area contributed by atoms with Crippen LogP contribution in [0.1, 0.15) is 25.2 Å². The quantitative estimate of drug-likeness (QED) is 0.282. The van der Waals surface area contributed by atoms with E-state index < -0.39 is 32.6 Å². The van der Waals surface area contributed by atoms with Crippen LogP contribution in [0.3, 0.4) is 0 Å². The molecule has 0 saturated carbocycles. The minimum Gasteiger partial charge on any atom is -0.458 e. The third-order valence-electron chi connectivity index (χ3n) is 3.78. The van der Waals surface area contributed by atoms with Gasteiger partial charge in [-0.05, 0) is 18.6 Å². The van der Waals surface area contributed by atoms with Gasteiger partial charge in [0.2, 0.25) is 5.91 Å². The van der Waals surface area contributed by atoms with Gasteiger partial charge in [-0.1, -0.05) is 0 Å². The molecule has 0 atom stereocenters. The molecule has 0 fully saturated rings. The summed E-state index contributed by atoms with van der Waals surface area (Å²) in [4.78, 5) is 38.2. The zero-order valence-corrected chi connectivity index (χ0v) is 17.0. The second kappa shape index (κ2) is 8.53. The largest absolute Gasteiger partial charge is 0.458 e. The van der Waals surface area contributed by atoms with Crippen LogP contribution in [0, 0.1) is 17.0 Å². The van der Waals surface area contributed by atoms with Crippen molar-refractivity contribution in [3.63, 3.8) is 0 Å². The number of nitrogens with one attached hydrogen (secondary N) is 1. The Morgan fingerprint density at radius 3 is 2.52 bits per heavy atom. The van der Waals surface area contributed by atoms with Gasteiger partial charge in [-0.15, -0.1) is 0 Å². The summed E-state index contributed by atoms with van der Waals surface area (Å²) in [6.07, 6.45) is 0.874. The molecule has 0 aliphatic heterocycles. The van der Waals surface area contributed by atoms with Crippen molar-refractivity contribution in [2.75, 3.05) is 18.2 Å². The molecule has 158 valence electrons. The van der Waals surface area contributed by atoms with E-state index >= 15 is 0 Å². The molecule has 29 heavy (non-hydrogen) atoms. The highest BCUT2D eigenvalue weighted by Crippen LogP contribution is 2.37. The SMILES string of the molecule is CC(=O)Nc1c(C)cc2nc(COC(C)=O)n(CCOS(C)(=O)=O)c2c1[N+](=O)[O-]. The molecule has 0 aliphatic rings. The summed E-state index contributed by atoms with van der Waals surface area (Å²) in [6, 6.07) is 1.54. The van der Waals surface area contributed by atoms with Gasteiger partial charge in [-0.25, -0.2) is 4.98 Å². The number of imidazole rings is 1. The van der Waals surface area contributed by atoms with Gasteiger partial charge in [0.15, 0.2) is 0 Å². The normalized spacial score (nSPS) is 11.4. The van der Waals surface area contributed by atoms with Crippen molar-refractivity contribution in [1.82, 2.24) is 9.55 Å². The van der Waals surface area contributed by atoms with Gasteiger partial charge in [0.05, 0.1) is 23.3 Å². The number of rotatable bonds is 8. The lowest BCUT2D eigenvalue weighted by Crippen LogP contribution is -2.15. The van der Waals surface area contributed by atoms with E-state index in [2.05, 4.69) is 10.3 Å². The number of aromatic nitrogens is 2. The summed E-state index contributed by atoms with van der Waals surface area (Å²) in [5.74, 6) is -0.919. The zero-order chi connectivity index (χ0) is 21.9. The van der Waals surface area contributed by atoms with Gasteiger partial charge >= 0.3 is 11.7 Å². The van der Waals surface area contributed by atoms with Gasteiger partial charge in [0.25, 0.3) is 10.1 Å². The predicted molar refractivity (Wildman–Crippen MR) is 102 cm³/mol. The van der Waals surface area contributed by atoms with Crippen molar-refractivity contribution in [3.05, 3.63) is 27.6 Å². The first kappa shape index (κ1) is 22.2. The summed E-state index contributed by atoms with van der Waals surface area (Å²) >= 11 is 0. The monoisotopic (exact) mass is 428 g/mol. The minimum atomic E-state index is -3.74. The number of hydrogen-bond donors (Lipinski definition) is 1. The average Bonchev–Trinajstić information content (AvgIpc) is 2.88. The Kier molecular flexibility index (Phi) is 6.54. The van der Waals surface area contributed by atoms with Crippen LogP contribution in [-0.4, -0.2) is 47.6 Å². The van der Waals surface area contributed by atoms with Gasteiger partial charge in [0, 0.05) is 20.4 Å². The predicted octanol–water partition coefficient (Wildman–Crippen LogP) is 1.25. The maximum atomic E-state index is 11.8. The summed E-state index contributed by atoms with van der Waals surface area (Å²) in [6.45, 7) is 3.27. The van der Waals surface area contributed by atoms with Crippen molar-refractivity contribution in [2.45, 2.75) is 33.9 Å². The Morgan fingerprint density at radius 1 is 1.34 bits per heavy atom. The first-order chi connectivity index (χ1) is 13.4. The Hall–Kier alpha value is -3.06. The standard InChI is InChI=1S/C16H20N4O8S/c1-9-7-12-15(16(20(23)24)14(9)17-10(2)21)19(5-6-28-29(4,25)26)13(18-12)8-27-11(3)22/h7H,5-6,8H2,1-4H3,(H,17,21). The highest BCUT2D eigenvalue weighted by molar-refractivity contribution is 7.85. The molecule has 2 rings (SSSR count). The number of carbonyl (C=O) groups is 2. The Bertz CT molecular complexity index is 1090. The molecule has 1 N–H and O–H groups in total. The van der Waals surface area contributed by atoms with Gasteiger partial charge in [0.1, 0.15) is 23.6 Å². The van der Waals surface area contributed by atoms with Gasteiger partial charge in [-0.3, -0.25) is 23.9 Å². The van der Waals surface area contributed by atoms with Crippen molar-refractivity contribution in [2.24, 2.45) is 0 Å². The van der Waals surface area contributed by atoms with Crippen LogP contribution in [0.25, 0.3) is 11.0 Å². The number of ether oxygens (including phenoxy) is 1. The maximum Gasteiger partial charge on any atom is 0.318 e. The number of nitro groups is 1. The number of nitrogens with zero attached hydrogens (tertiary/aromatic N) is 3. The van der Waals surface area contributed by atoms with E-state index in [1.807, 2.05) is 0 Å². The van der Waals surface area contributed by atoms with E-state index in [0.29, 0.717) is 5.56 Å². The van der Waals surface area contributed by atoms with E-state index in [9.17, 15) is 28.1 Å². The highest BCUT2D eigenvalue weighted by atomic mass is 32.2. The zero-order valence-electron chi connectivity index (χ0n) is 16.2. The lowest BCUT2D eigenvalue weighted by Gasteiger charge is -2.12. The number of aryl methyl sites for hydroxylation is 1. The number of amides is 1. The molecular formula is C16H20N4O8S. The maximum absolute atomic E-state index is 11.8. The number of hydrogen-bond acceptors (Lipinski definition) is 9. The van der Waals surface area contributed by atoms with Crippen molar-refractivity contribution in [3.8, 4) is 0 Å². The van der Waals surface area contributed by atoms with Crippen molar-refractivity contribution < 1.29 is 31.9 Å². The smallest absolute Gasteiger partial charge is 0.318 e. The molecule has 13 heteroatoms. The Balaban J connectivity index is 2.70. The molecule has 12 nitrogen and oxygen atoms in total. The van der Waals surface area contributed by atoms with Crippen molar-refractivity contribution >= 4 is 44.4 Å². The number of benzene rings is 1. The van der Waals surface area contributed by atoms with E-state index in [0.717, 1.165) is 6.26 Å². The number of carbonyl (C=O) groups excluding carboxylic acids is 2. The third kappa shape index (κ3) is 5.48. The van der Waals surface area contributed by atoms with Crippen LogP contribution >= 0.6 is 0 Å². The Morgan fingerprint density at radius 2 is 2.00 bits per heavy atom. The van der Waals surface area contributed by atoms with Crippen LogP contribution in [-0.2, 0) is 41.8 Å². The van der Waals surface area contributed by atoms with E-state index in [1.165, 1.54) is 18.4 Å². The number of fused-ring (bicyclic) bond motifs is 1. The summed E-state index contributed by atoms with van der Waals surface area (Å²) in [5.41, 5.74) is 0.277. The molecule has 1 aromatic heterocycles. The molecule has 2 aromatic rings. The molecule has 1 aromatic carbocycles. The van der Waals surface area contributed by atoms with Crippen molar-refractivity contribution in [1.29, 1.82) is 0 Å². The third-order valence-corrected chi connectivity index (χ3v) is 4.38. The van der Waals surface area contributed by atoms with Crippen LogP contribution in [0.4, 0.5) is 11.4 Å². The molecule has 1 amide bonds. The molecular weight excluding hydrogens is 408 g/mol. The number of anilines is 1. The second-order valence-corrected chi connectivity index (χ2v) is 7.85. The number of nitro benzene ring substituents is 1. The fraction of sp³-hybridized carbons (Fsp3) is 0.438. The van der Waals surface area contributed by atoms with E-state index in [4.69, 9.17) is 8.92 Å². The first-order valence-electron chi connectivity index (χ1n) is 8.33. The minimum absolute atomic E-state index is 0.000724. The lowest BCUT2D eigenvalue weighted by atomic mass is 10.1. The van der Waals surface area contributed by atoms with Gasteiger partial charge < -0.3 is 14.6 Å². The molecule has 0 spiro atoms. The summed E-state index contributed by atoms with van der Waals surface area (Å²) in [7, 11) is -3.74. The fourth-order valence-corrected chi connectivity index (χ4v) is 3.14. The fourth-order valence-electron chi connectivity index (χ4n) is 2.76. The van der Waals surface area contributed by atoms with Gasteiger partial charge in [-0.2, -0.15) is 8.42 Å². The Labute approximate surface area is 166 Å². The van der Waals surface area contributed by atoms with Crippen LogP contribution in [0.2, 0.25) is 0 Å². The molecule has 0 aliphatic carbocycles. The lowest BCUT2D eigenvalue weighted by molar-refractivity contribution is -0.382. The van der Waals surface area contributed by atoms with Crippen LogP contribution < -0.4 is 5.32 Å². The average molecular weight is 428 g/mol. The summed E-state index contributed by atoms with van der Waals surface area (Å²) in [5, 5.41) is 14.3. The molecule has 1 heterocycles. The molecule has 0 bridgehead atoms. The molecule has 0 unspecified atom stereocenters. The first-order valence-corrected chi connectivity index (χ1v) is 10.1. The van der Waals surface area contributed by atoms with Crippen LogP contribution in [0.15, 0.2) is 6.07 Å². The number of esters is 1. The topological polar surface area (TPSA) is 160 Å². The molecule has 0 saturated heterocycles. The highest BCUT2D eigenvalue weighted by Gasteiger charge is 2.28. The summed E-state index contributed by atoms with van der Waals surface area (Å²) < 4.78 is 33.5. The molecule has 0 radical (unpaired) electrons. The van der Waals surface area contributed by atoms with Crippen LogP contribution in [0.5, 0.6) is 0 Å². The second-order valence-electron chi connectivity index (χ2n) is 6.21. The van der Waals surface area contributed by atoms with E-state index in [-0.39, 0.29) is 42.3 Å².